The Morgan fingerprint density at radius 2 is 2.19 bits per heavy atom. The number of hydrogen-bond donors (Lipinski definition) is 2. The van der Waals surface area contributed by atoms with Gasteiger partial charge in [-0.15, -0.1) is 5.10 Å². The third-order valence-corrected chi connectivity index (χ3v) is 4.91. The lowest BCUT2D eigenvalue weighted by molar-refractivity contribution is 0.0877. The SMILES string of the molecule is O=C(NC1CCNC12CCC2)c1nncc2ccccc12. The summed E-state index contributed by atoms with van der Waals surface area (Å²) in [7, 11) is 0. The number of aromatic nitrogens is 2. The molecule has 4 rings (SSSR count). The third-order valence-electron chi connectivity index (χ3n) is 4.91. The van der Waals surface area contributed by atoms with E-state index in [1.165, 1.54) is 6.42 Å². The minimum atomic E-state index is -0.112. The van der Waals surface area contributed by atoms with Crippen LogP contribution in [0.25, 0.3) is 10.8 Å². The van der Waals surface area contributed by atoms with E-state index in [1.54, 1.807) is 6.20 Å². The number of carbonyl (C=O) groups is 1. The van der Waals surface area contributed by atoms with Crippen LogP contribution in [-0.4, -0.2) is 34.2 Å². The van der Waals surface area contributed by atoms with Crippen LogP contribution in [0.2, 0.25) is 0 Å². The lowest BCUT2D eigenvalue weighted by Crippen LogP contribution is -2.59. The molecule has 2 aliphatic rings. The molecule has 5 nitrogen and oxygen atoms in total. The predicted molar refractivity (Wildman–Crippen MR) is 80.0 cm³/mol. The summed E-state index contributed by atoms with van der Waals surface area (Å²) in [6, 6.07) is 7.94. The second-order valence-electron chi connectivity index (χ2n) is 6.03. The zero-order chi connectivity index (χ0) is 14.3. The fourth-order valence-electron chi connectivity index (χ4n) is 3.58. The number of amides is 1. The van der Waals surface area contributed by atoms with Gasteiger partial charge in [-0.05, 0) is 32.2 Å². The highest BCUT2D eigenvalue weighted by atomic mass is 16.2. The third kappa shape index (κ3) is 2.00. The van der Waals surface area contributed by atoms with E-state index in [4.69, 9.17) is 0 Å². The molecule has 5 heteroatoms. The molecule has 2 heterocycles. The second-order valence-corrected chi connectivity index (χ2v) is 6.03. The van der Waals surface area contributed by atoms with E-state index in [0.29, 0.717) is 5.69 Å². The summed E-state index contributed by atoms with van der Waals surface area (Å²) < 4.78 is 0. The van der Waals surface area contributed by atoms with E-state index >= 15 is 0 Å². The molecule has 1 unspecified atom stereocenters. The summed E-state index contributed by atoms with van der Waals surface area (Å²) in [6.45, 7) is 0.978. The van der Waals surface area contributed by atoms with Crippen LogP contribution in [0.1, 0.15) is 36.2 Å². The van der Waals surface area contributed by atoms with Gasteiger partial charge in [0.2, 0.25) is 0 Å². The highest BCUT2D eigenvalue weighted by molar-refractivity contribution is 6.04. The number of nitrogens with zero attached hydrogens (tertiary/aromatic N) is 2. The first-order valence-corrected chi connectivity index (χ1v) is 7.55. The fourth-order valence-corrected chi connectivity index (χ4v) is 3.58. The number of fused-ring (bicyclic) bond motifs is 1. The molecule has 1 saturated carbocycles. The molecule has 1 aliphatic heterocycles. The minimum Gasteiger partial charge on any atom is -0.346 e. The van der Waals surface area contributed by atoms with Gasteiger partial charge in [0.25, 0.3) is 5.91 Å². The number of benzene rings is 1. The van der Waals surface area contributed by atoms with E-state index in [2.05, 4.69) is 20.8 Å². The zero-order valence-electron chi connectivity index (χ0n) is 11.8. The van der Waals surface area contributed by atoms with Gasteiger partial charge in [-0.3, -0.25) is 4.79 Å². The molecule has 1 aromatic carbocycles. The number of hydrogen-bond acceptors (Lipinski definition) is 4. The highest BCUT2D eigenvalue weighted by Crippen LogP contribution is 2.39. The van der Waals surface area contributed by atoms with Crippen molar-refractivity contribution < 1.29 is 4.79 Å². The van der Waals surface area contributed by atoms with Gasteiger partial charge in [0, 0.05) is 22.4 Å². The van der Waals surface area contributed by atoms with Crippen LogP contribution in [0.4, 0.5) is 0 Å². The molecule has 2 N–H and O–H groups in total. The standard InChI is InChI=1S/C16H18N4O/c21-15(19-13-6-9-17-16(13)7-3-8-16)14-12-5-2-1-4-11(12)10-18-20-14/h1-2,4-5,10,13,17H,3,6-9H2,(H,19,21). The Morgan fingerprint density at radius 3 is 3.00 bits per heavy atom. The van der Waals surface area contributed by atoms with Gasteiger partial charge in [0.1, 0.15) is 0 Å². The fraction of sp³-hybridized carbons (Fsp3) is 0.438. The van der Waals surface area contributed by atoms with Crippen molar-refractivity contribution in [3.05, 3.63) is 36.2 Å². The van der Waals surface area contributed by atoms with Gasteiger partial charge in [-0.25, -0.2) is 0 Å². The Morgan fingerprint density at radius 1 is 1.33 bits per heavy atom. The molecule has 1 aromatic heterocycles. The number of rotatable bonds is 2. The molecule has 1 saturated heterocycles. The minimum absolute atomic E-state index is 0.112. The monoisotopic (exact) mass is 282 g/mol. The molecule has 1 aliphatic carbocycles. The van der Waals surface area contributed by atoms with Gasteiger partial charge in [0.05, 0.1) is 6.20 Å². The molecule has 1 atom stereocenters. The quantitative estimate of drug-likeness (QED) is 0.879. The van der Waals surface area contributed by atoms with Crippen molar-refractivity contribution >= 4 is 16.7 Å². The summed E-state index contributed by atoms with van der Waals surface area (Å²) >= 11 is 0. The van der Waals surface area contributed by atoms with Crippen molar-refractivity contribution in [2.75, 3.05) is 6.54 Å². The van der Waals surface area contributed by atoms with Crippen molar-refractivity contribution in [2.24, 2.45) is 0 Å². The Kier molecular flexibility index (Phi) is 2.89. The van der Waals surface area contributed by atoms with Crippen LogP contribution in [0.5, 0.6) is 0 Å². The molecule has 1 spiro atoms. The predicted octanol–water partition coefficient (Wildman–Crippen LogP) is 1.64. The largest absolute Gasteiger partial charge is 0.346 e. The average molecular weight is 282 g/mol. The normalized spacial score (nSPS) is 23.1. The Hall–Kier alpha value is -2.01. The van der Waals surface area contributed by atoms with Crippen molar-refractivity contribution in [2.45, 2.75) is 37.3 Å². The smallest absolute Gasteiger partial charge is 0.272 e. The van der Waals surface area contributed by atoms with Gasteiger partial charge in [0.15, 0.2) is 5.69 Å². The van der Waals surface area contributed by atoms with Crippen LogP contribution in [0.15, 0.2) is 30.5 Å². The maximum atomic E-state index is 12.6. The molecular formula is C16H18N4O. The number of carbonyl (C=O) groups excluding carboxylic acids is 1. The molecule has 1 amide bonds. The topological polar surface area (TPSA) is 66.9 Å². The molecular weight excluding hydrogens is 264 g/mol. The average Bonchev–Trinajstić information content (AvgIpc) is 2.90. The van der Waals surface area contributed by atoms with E-state index in [0.717, 1.165) is 36.6 Å². The summed E-state index contributed by atoms with van der Waals surface area (Å²) in [5, 5.41) is 16.6. The summed E-state index contributed by atoms with van der Waals surface area (Å²) in [5.41, 5.74) is 0.558. The molecule has 2 aromatic rings. The van der Waals surface area contributed by atoms with Crippen LogP contribution >= 0.6 is 0 Å². The van der Waals surface area contributed by atoms with E-state index in [-0.39, 0.29) is 17.5 Å². The first-order valence-electron chi connectivity index (χ1n) is 7.55. The summed E-state index contributed by atoms with van der Waals surface area (Å²) in [6.07, 6.45) is 6.23. The molecule has 2 fully saturated rings. The maximum absolute atomic E-state index is 12.6. The van der Waals surface area contributed by atoms with Crippen LogP contribution in [0, 0.1) is 0 Å². The molecule has 108 valence electrons. The Balaban J connectivity index is 1.62. The second kappa shape index (κ2) is 4.77. The van der Waals surface area contributed by atoms with Crippen LogP contribution in [0.3, 0.4) is 0 Å². The molecule has 0 radical (unpaired) electrons. The zero-order valence-corrected chi connectivity index (χ0v) is 11.8. The first-order chi connectivity index (χ1) is 10.3. The van der Waals surface area contributed by atoms with Crippen LogP contribution in [-0.2, 0) is 0 Å². The maximum Gasteiger partial charge on any atom is 0.272 e. The van der Waals surface area contributed by atoms with E-state index in [9.17, 15) is 4.79 Å². The molecule has 21 heavy (non-hydrogen) atoms. The van der Waals surface area contributed by atoms with Crippen molar-refractivity contribution in [3.8, 4) is 0 Å². The van der Waals surface area contributed by atoms with Crippen molar-refractivity contribution in [1.29, 1.82) is 0 Å². The lowest BCUT2D eigenvalue weighted by atomic mass is 9.73. The van der Waals surface area contributed by atoms with Crippen molar-refractivity contribution in [3.63, 3.8) is 0 Å². The van der Waals surface area contributed by atoms with E-state index < -0.39 is 0 Å². The number of nitrogens with one attached hydrogen (secondary N) is 2. The summed E-state index contributed by atoms with van der Waals surface area (Å²) in [5.74, 6) is -0.112. The van der Waals surface area contributed by atoms with Gasteiger partial charge in [-0.2, -0.15) is 5.10 Å². The van der Waals surface area contributed by atoms with Crippen LogP contribution < -0.4 is 10.6 Å². The van der Waals surface area contributed by atoms with E-state index in [1.807, 2.05) is 24.3 Å². The lowest BCUT2D eigenvalue weighted by Gasteiger charge is -2.43. The first kappa shape index (κ1) is 12.7. The highest BCUT2D eigenvalue weighted by Gasteiger charge is 2.47. The van der Waals surface area contributed by atoms with Gasteiger partial charge >= 0.3 is 0 Å². The molecule has 0 bridgehead atoms. The van der Waals surface area contributed by atoms with Crippen molar-refractivity contribution in [1.82, 2.24) is 20.8 Å². The Bertz CT molecular complexity index is 690. The van der Waals surface area contributed by atoms with Gasteiger partial charge < -0.3 is 10.6 Å². The van der Waals surface area contributed by atoms with Gasteiger partial charge in [-0.1, -0.05) is 24.3 Å². The summed E-state index contributed by atoms with van der Waals surface area (Å²) in [4.78, 5) is 12.6. The Labute approximate surface area is 123 Å².